The molecule has 78 valence electrons. The standard InChI is InChI=1S/C6H4ClF2NO3S/c7-14(12,13)4-2-1-3(11)5(10-4)6(8)9/h1-2,6,11H. The molecular formula is C6H4ClF2NO3S. The Labute approximate surface area is 82.6 Å². The number of alkyl halides is 2. The third-order valence-electron chi connectivity index (χ3n) is 1.33. The van der Waals surface area contributed by atoms with Crippen molar-refractivity contribution in [3.05, 3.63) is 17.8 Å². The van der Waals surface area contributed by atoms with Crippen LogP contribution >= 0.6 is 10.7 Å². The van der Waals surface area contributed by atoms with E-state index >= 15 is 0 Å². The lowest BCUT2D eigenvalue weighted by atomic mass is 10.3. The molecule has 0 saturated heterocycles. The molecule has 0 aliphatic heterocycles. The molecule has 1 aromatic heterocycles. The van der Waals surface area contributed by atoms with E-state index in [9.17, 15) is 17.2 Å². The molecule has 0 atom stereocenters. The van der Waals surface area contributed by atoms with Gasteiger partial charge >= 0.3 is 0 Å². The highest BCUT2D eigenvalue weighted by molar-refractivity contribution is 8.13. The van der Waals surface area contributed by atoms with Crippen molar-refractivity contribution in [1.82, 2.24) is 4.98 Å². The molecule has 0 spiro atoms. The molecule has 14 heavy (non-hydrogen) atoms. The van der Waals surface area contributed by atoms with E-state index in [0.29, 0.717) is 0 Å². The van der Waals surface area contributed by atoms with Crippen LogP contribution in [0, 0.1) is 0 Å². The van der Waals surface area contributed by atoms with E-state index in [1.165, 1.54) is 0 Å². The second-order valence-electron chi connectivity index (χ2n) is 2.29. The quantitative estimate of drug-likeness (QED) is 0.802. The molecule has 8 heteroatoms. The lowest BCUT2D eigenvalue weighted by molar-refractivity contribution is 0.141. The number of hydrogen-bond acceptors (Lipinski definition) is 4. The van der Waals surface area contributed by atoms with Crippen LogP contribution in [0.2, 0.25) is 0 Å². The van der Waals surface area contributed by atoms with Gasteiger partial charge in [-0.15, -0.1) is 0 Å². The monoisotopic (exact) mass is 243 g/mol. The Morgan fingerprint density at radius 1 is 1.43 bits per heavy atom. The first-order valence-electron chi connectivity index (χ1n) is 3.25. The highest BCUT2D eigenvalue weighted by Crippen LogP contribution is 2.27. The van der Waals surface area contributed by atoms with Gasteiger partial charge in [-0.25, -0.2) is 22.2 Å². The fourth-order valence-electron chi connectivity index (χ4n) is 0.745. The first kappa shape index (κ1) is 11.1. The molecule has 0 aliphatic rings. The van der Waals surface area contributed by atoms with Crippen molar-refractivity contribution >= 4 is 19.7 Å². The average Bonchev–Trinajstić information content (AvgIpc) is 2.02. The van der Waals surface area contributed by atoms with E-state index < -0.39 is 31.9 Å². The van der Waals surface area contributed by atoms with E-state index in [1.807, 2.05) is 0 Å². The molecule has 0 aromatic carbocycles. The highest BCUT2D eigenvalue weighted by Gasteiger charge is 2.19. The van der Waals surface area contributed by atoms with Crippen LogP contribution < -0.4 is 0 Å². The molecule has 0 radical (unpaired) electrons. The average molecular weight is 244 g/mol. The molecule has 4 nitrogen and oxygen atoms in total. The van der Waals surface area contributed by atoms with Gasteiger partial charge < -0.3 is 5.11 Å². The zero-order chi connectivity index (χ0) is 10.9. The van der Waals surface area contributed by atoms with Gasteiger partial charge in [0.05, 0.1) is 0 Å². The topological polar surface area (TPSA) is 67.3 Å². The Kier molecular flexibility index (Phi) is 2.91. The van der Waals surface area contributed by atoms with E-state index in [-0.39, 0.29) is 0 Å². The van der Waals surface area contributed by atoms with Crippen molar-refractivity contribution in [2.24, 2.45) is 0 Å². The summed E-state index contributed by atoms with van der Waals surface area (Å²) in [6.45, 7) is 0. The van der Waals surface area contributed by atoms with Crippen molar-refractivity contribution in [3.63, 3.8) is 0 Å². The molecule has 1 heterocycles. The summed E-state index contributed by atoms with van der Waals surface area (Å²) in [7, 11) is 0.712. The maximum atomic E-state index is 12.1. The van der Waals surface area contributed by atoms with Gasteiger partial charge in [0, 0.05) is 10.7 Å². The van der Waals surface area contributed by atoms with Gasteiger partial charge in [-0.3, -0.25) is 0 Å². The molecule has 0 amide bonds. The van der Waals surface area contributed by atoms with Crippen LogP contribution in [0.3, 0.4) is 0 Å². The normalized spacial score (nSPS) is 12.0. The number of rotatable bonds is 2. The van der Waals surface area contributed by atoms with E-state index in [1.54, 1.807) is 0 Å². The van der Waals surface area contributed by atoms with Crippen LogP contribution in [0.5, 0.6) is 5.75 Å². The SMILES string of the molecule is O=S(=O)(Cl)c1ccc(O)c(C(F)F)n1. The summed E-state index contributed by atoms with van der Waals surface area (Å²) in [5, 5.41) is 8.18. The van der Waals surface area contributed by atoms with Crippen molar-refractivity contribution in [2.45, 2.75) is 11.5 Å². The molecule has 1 aromatic rings. The van der Waals surface area contributed by atoms with Gasteiger partial charge in [0.2, 0.25) is 0 Å². The Balaban J connectivity index is 3.34. The van der Waals surface area contributed by atoms with Crippen LogP contribution in [-0.4, -0.2) is 18.5 Å². The zero-order valence-corrected chi connectivity index (χ0v) is 8.06. The number of pyridine rings is 1. The number of hydrogen-bond donors (Lipinski definition) is 1. The zero-order valence-electron chi connectivity index (χ0n) is 6.49. The first-order valence-corrected chi connectivity index (χ1v) is 5.56. The summed E-state index contributed by atoms with van der Waals surface area (Å²) < 4.78 is 45.7. The maximum Gasteiger partial charge on any atom is 0.284 e. The van der Waals surface area contributed by atoms with Crippen LogP contribution in [0.1, 0.15) is 12.1 Å². The largest absolute Gasteiger partial charge is 0.506 e. The number of halogens is 3. The summed E-state index contributed by atoms with van der Waals surface area (Å²) in [4.78, 5) is 3.02. The minimum atomic E-state index is -4.16. The lowest BCUT2D eigenvalue weighted by Crippen LogP contribution is -1.99. The summed E-state index contributed by atoms with van der Waals surface area (Å²) in [6.07, 6.45) is -3.06. The van der Waals surface area contributed by atoms with E-state index in [0.717, 1.165) is 12.1 Å². The Morgan fingerprint density at radius 2 is 2.00 bits per heavy atom. The highest BCUT2D eigenvalue weighted by atomic mass is 35.7. The second-order valence-corrected chi connectivity index (χ2v) is 4.81. The third kappa shape index (κ3) is 2.30. The summed E-state index contributed by atoms with van der Waals surface area (Å²) in [6, 6.07) is 1.63. The number of aromatic nitrogens is 1. The molecule has 0 unspecified atom stereocenters. The summed E-state index contributed by atoms with van der Waals surface area (Å²) >= 11 is 0. The molecule has 0 bridgehead atoms. The van der Waals surface area contributed by atoms with E-state index in [4.69, 9.17) is 15.8 Å². The molecule has 0 saturated carbocycles. The molecule has 1 N–H and O–H groups in total. The fourth-order valence-corrected chi connectivity index (χ4v) is 1.44. The van der Waals surface area contributed by atoms with Gasteiger partial charge in [0.25, 0.3) is 15.5 Å². The van der Waals surface area contributed by atoms with Gasteiger partial charge in [0.15, 0.2) is 5.03 Å². The van der Waals surface area contributed by atoms with Crippen LogP contribution in [0.15, 0.2) is 17.2 Å². The lowest BCUT2D eigenvalue weighted by Gasteiger charge is -2.03. The second kappa shape index (κ2) is 3.66. The molecular weight excluding hydrogens is 240 g/mol. The van der Waals surface area contributed by atoms with Crippen molar-refractivity contribution in [3.8, 4) is 5.75 Å². The Hall–Kier alpha value is -0.950. The number of aromatic hydroxyl groups is 1. The third-order valence-corrected chi connectivity index (χ3v) is 2.53. The predicted octanol–water partition coefficient (Wildman–Crippen LogP) is 1.65. The summed E-state index contributed by atoms with van der Waals surface area (Å²) in [5.74, 6) is -0.774. The molecule has 0 aliphatic carbocycles. The van der Waals surface area contributed by atoms with Crippen LogP contribution in [-0.2, 0) is 9.05 Å². The molecule has 0 fully saturated rings. The smallest absolute Gasteiger partial charge is 0.284 e. The summed E-state index contributed by atoms with van der Waals surface area (Å²) in [5.41, 5.74) is -1.01. The molecule has 1 rings (SSSR count). The van der Waals surface area contributed by atoms with Crippen molar-refractivity contribution in [2.75, 3.05) is 0 Å². The van der Waals surface area contributed by atoms with Crippen LogP contribution in [0.4, 0.5) is 8.78 Å². The van der Waals surface area contributed by atoms with Gasteiger partial charge in [-0.05, 0) is 12.1 Å². The van der Waals surface area contributed by atoms with Crippen LogP contribution in [0.25, 0.3) is 0 Å². The van der Waals surface area contributed by atoms with Crippen molar-refractivity contribution in [1.29, 1.82) is 0 Å². The van der Waals surface area contributed by atoms with Crippen molar-refractivity contribution < 1.29 is 22.3 Å². The van der Waals surface area contributed by atoms with Gasteiger partial charge in [-0.2, -0.15) is 0 Å². The predicted molar refractivity (Wildman–Crippen MR) is 43.9 cm³/mol. The fraction of sp³-hybridized carbons (Fsp3) is 0.167. The Bertz CT molecular complexity index is 448. The van der Waals surface area contributed by atoms with E-state index in [2.05, 4.69) is 4.98 Å². The maximum absolute atomic E-state index is 12.1. The van der Waals surface area contributed by atoms with Gasteiger partial charge in [0.1, 0.15) is 11.4 Å². The number of nitrogens with zero attached hydrogens (tertiary/aromatic N) is 1. The van der Waals surface area contributed by atoms with Gasteiger partial charge in [-0.1, -0.05) is 0 Å². The first-order chi connectivity index (χ1) is 6.32. The minimum absolute atomic E-state index is 0.715. The Morgan fingerprint density at radius 3 is 2.43 bits per heavy atom. The minimum Gasteiger partial charge on any atom is -0.506 e.